The number of nitrogens with one attached hydrogen (secondary N) is 2. The van der Waals surface area contributed by atoms with Crippen molar-refractivity contribution in [2.75, 3.05) is 25.1 Å². The Balaban J connectivity index is 1.96. The average molecular weight is 555 g/mol. The predicted molar refractivity (Wildman–Crippen MR) is 133 cm³/mol. The molecular formula is C23H25BrClN3O6. The number of nitrogens with zero attached hydrogens (tertiary/aromatic N) is 1. The van der Waals surface area contributed by atoms with E-state index in [0.717, 1.165) is 5.56 Å². The highest BCUT2D eigenvalue weighted by Crippen LogP contribution is 2.36. The Kier molecular flexibility index (Phi) is 10.8. The molecule has 2 rings (SSSR count). The number of benzene rings is 2. The molecule has 0 bridgehead atoms. The number of carbonyl (C=O) groups is 3. The van der Waals surface area contributed by atoms with Crippen LogP contribution >= 0.6 is 27.5 Å². The van der Waals surface area contributed by atoms with Crippen molar-refractivity contribution in [3.8, 4) is 11.5 Å². The van der Waals surface area contributed by atoms with E-state index in [4.69, 9.17) is 25.8 Å². The summed E-state index contributed by atoms with van der Waals surface area (Å²) in [7, 11) is 0. The van der Waals surface area contributed by atoms with Crippen LogP contribution in [0.5, 0.6) is 11.5 Å². The first kappa shape index (κ1) is 27.1. The van der Waals surface area contributed by atoms with Gasteiger partial charge in [0.05, 0.1) is 23.9 Å². The van der Waals surface area contributed by atoms with Crippen LogP contribution in [-0.4, -0.2) is 43.8 Å². The van der Waals surface area contributed by atoms with Gasteiger partial charge in [-0.05, 0) is 72.1 Å². The normalized spacial score (nSPS) is 10.6. The second-order valence-electron chi connectivity index (χ2n) is 6.84. The minimum atomic E-state index is -0.592. The number of anilines is 1. The maximum atomic E-state index is 12.1. The monoisotopic (exact) mass is 553 g/mol. The highest BCUT2D eigenvalue weighted by molar-refractivity contribution is 9.10. The Morgan fingerprint density at radius 2 is 1.85 bits per heavy atom. The molecule has 0 radical (unpaired) electrons. The van der Waals surface area contributed by atoms with E-state index in [1.54, 1.807) is 44.2 Å². The van der Waals surface area contributed by atoms with Gasteiger partial charge in [-0.2, -0.15) is 5.10 Å². The van der Waals surface area contributed by atoms with E-state index in [9.17, 15) is 14.4 Å². The highest BCUT2D eigenvalue weighted by Gasteiger charge is 2.14. The topological polar surface area (TPSA) is 115 Å². The zero-order valence-electron chi connectivity index (χ0n) is 18.9. The van der Waals surface area contributed by atoms with Crippen molar-refractivity contribution in [1.82, 2.24) is 5.43 Å². The second kappa shape index (κ2) is 13.6. The van der Waals surface area contributed by atoms with Crippen LogP contribution in [0.3, 0.4) is 0 Å². The van der Waals surface area contributed by atoms with Crippen LogP contribution in [0.15, 0.2) is 39.9 Å². The molecule has 0 aliphatic carbocycles. The van der Waals surface area contributed by atoms with E-state index in [-0.39, 0.29) is 13.2 Å². The third-order valence-corrected chi connectivity index (χ3v) is 5.15. The lowest BCUT2D eigenvalue weighted by Gasteiger charge is -2.14. The summed E-state index contributed by atoms with van der Waals surface area (Å²) in [6, 6.07) is 8.39. The van der Waals surface area contributed by atoms with Crippen LogP contribution in [-0.2, 0) is 19.1 Å². The molecule has 0 unspecified atom stereocenters. The van der Waals surface area contributed by atoms with Crippen molar-refractivity contribution in [2.45, 2.75) is 27.2 Å². The number of amides is 2. The predicted octanol–water partition coefficient (Wildman–Crippen LogP) is 4.23. The quantitative estimate of drug-likeness (QED) is 0.186. The van der Waals surface area contributed by atoms with Crippen LogP contribution in [0, 0.1) is 6.92 Å². The summed E-state index contributed by atoms with van der Waals surface area (Å²) < 4.78 is 16.5. The van der Waals surface area contributed by atoms with Crippen molar-refractivity contribution in [1.29, 1.82) is 0 Å². The lowest BCUT2D eigenvalue weighted by atomic mass is 10.2. The summed E-state index contributed by atoms with van der Waals surface area (Å²) in [4.78, 5) is 35.7. The van der Waals surface area contributed by atoms with Crippen LogP contribution in [0.4, 0.5) is 5.69 Å². The van der Waals surface area contributed by atoms with Gasteiger partial charge in [0.15, 0.2) is 18.1 Å². The molecule has 0 fully saturated rings. The molecule has 0 saturated heterocycles. The minimum Gasteiger partial charge on any atom is -0.490 e. The Labute approximate surface area is 210 Å². The summed E-state index contributed by atoms with van der Waals surface area (Å²) in [5, 5.41) is 7.00. The molecule has 0 aliphatic rings. The van der Waals surface area contributed by atoms with E-state index in [1.165, 1.54) is 6.21 Å². The third-order valence-electron chi connectivity index (χ3n) is 4.15. The Morgan fingerprint density at radius 1 is 1.09 bits per heavy atom. The van der Waals surface area contributed by atoms with E-state index in [2.05, 4.69) is 31.8 Å². The number of hydrazone groups is 1. The van der Waals surface area contributed by atoms with Gasteiger partial charge in [0.1, 0.15) is 6.42 Å². The lowest BCUT2D eigenvalue weighted by molar-refractivity contribution is -0.145. The molecule has 2 aromatic carbocycles. The molecule has 0 aromatic heterocycles. The SMILES string of the molecule is CCOC(=O)COc1c(Br)cc(C=NNC(=O)CC(=O)Nc2ccc(C)c(Cl)c2)cc1OCC. The van der Waals surface area contributed by atoms with Gasteiger partial charge >= 0.3 is 5.97 Å². The molecule has 0 aliphatic heterocycles. The van der Waals surface area contributed by atoms with Gasteiger partial charge in [0.2, 0.25) is 11.8 Å². The third kappa shape index (κ3) is 8.68. The molecule has 0 spiro atoms. The first-order chi connectivity index (χ1) is 16.2. The number of esters is 1. The molecule has 2 N–H and O–H groups in total. The first-order valence-corrected chi connectivity index (χ1v) is 11.5. The van der Waals surface area contributed by atoms with E-state index in [0.29, 0.717) is 38.9 Å². The van der Waals surface area contributed by atoms with E-state index < -0.39 is 24.2 Å². The Morgan fingerprint density at radius 3 is 2.53 bits per heavy atom. The van der Waals surface area contributed by atoms with Crippen LogP contribution in [0.25, 0.3) is 0 Å². The van der Waals surface area contributed by atoms with E-state index >= 15 is 0 Å². The molecule has 11 heteroatoms. The molecule has 182 valence electrons. The highest BCUT2D eigenvalue weighted by atomic mass is 79.9. The number of halogens is 2. The molecule has 0 atom stereocenters. The number of rotatable bonds is 11. The molecule has 34 heavy (non-hydrogen) atoms. The number of hydrogen-bond acceptors (Lipinski definition) is 7. The number of carbonyl (C=O) groups excluding carboxylic acids is 3. The molecular weight excluding hydrogens is 530 g/mol. The summed E-state index contributed by atoms with van der Waals surface area (Å²) in [6.07, 6.45) is 0.968. The number of ether oxygens (including phenoxy) is 3. The molecule has 9 nitrogen and oxygen atoms in total. The summed E-state index contributed by atoms with van der Waals surface area (Å²) in [5.41, 5.74) is 4.26. The van der Waals surface area contributed by atoms with Crippen LogP contribution in [0.1, 0.15) is 31.4 Å². The van der Waals surface area contributed by atoms with Crippen molar-refractivity contribution >= 4 is 57.2 Å². The van der Waals surface area contributed by atoms with Crippen molar-refractivity contribution in [2.24, 2.45) is 5.10 Å². The van der Waals surface area contributed by atoms with Gasteiger partial charge in [-0.15, -0.1) is 0 Å². The minimum absolute atomic E-state index is 0.255. The zero-order valence-corrected chi connectivity index (χ0v) is 21.3. The van der Waals surface area contributed by atoms with E-state index in [1.807, 2.05) is 6.92 Å². The first-order valence-electron chi connectivity index (χ1n) is 10.4. The average Bonchev–Trinajstić information content (AvgIpc) is 2.76. The molecule has 0 heterocycles. The fraction of sp³-hybridized carbons (Fsp3) is 0.304. The zero-order chi connectivity index (χ0) is 25.1. The number of hydrogen-bond donors (Lipinski definition) is 2. The van der Waals surface area contributed by atoms with Crippen molar-refractivity contribution < 1.29 is 28.6 Å². The summed E-state index contributed by atoms with van der Waals surface area (Å²) in [5.74, 6) is -0.878. The molecule has 2 aromatic rings. The smallest absolute Gasteiger partial charge is 0.344 e. The van der Waals surface area contributed by atoms with Gasteiger partial charge in [-0.1, -0.05) is 17.7 Å². The van der Waals surface area contributed by atoms with Gasteiger partial charge in [0.25, 0.3) is 0 Å². The van der Waals surface area contributed by atoms with Crippen molar-refractivity contribution in [3.63, 3.8) is 0 Å². The van der Waals surface area contributed by atoms with Crippen LogP contribution < -0.4 is 20.2 Å². The fourth-order valence-electron chi connectivity index (χ4n) is 2.64. The Hall–Kier alpha value is -3.11. The van der Waals surface area contributed by atoms with Crippen LogP contribution in [0.2, 0.25) is 5.02 Å². The second-order valence-corrected chi connectivity index (χ2v) is 8.10. The molecule has 0 saturated carbocycles. The maximum Gasteiger partial charge on any atom is 0.344 e. The van der Waals surface area contributed by atoms with Gasteiger partial charge in [-0.3, -0.25) is 9.59 Å². The van der Waals surface area contributed by atoms with Gasteiger partial charge in [0, 0.05) is 10.7 Å². The summed E-state index contributed by atoms with van der Waals surface area (Å²) >= 11 is 9.42. The standard InChI is InChI=1S/C23H25BrClN3O6/c1-4-32-19-9-15(8-17(24)23(19)34-13-22(31)33-5-2)12-26-28-21(30)11-20(29)27-16-7-6-14(3)18(25)10-16/h6-10,12H,4-5,11,13H2,1-3H3,(H,27,29)(H,28,30). The summed E-state index contributed by atoms with van der Waals surface area (Å²) in [6.45, 7) is 5.70. The Bertz CT molecular complexity index is 1080. The lowest BCUT2D eigenvalue weighted by Crippen LogP contribution is -2.24. The maximum absolute atomic E-state index is 12.1. The number of aryl methyl sites for hydroxylation is 1. The molecule has 2 amide bonds. The fourth-order valence-corrected chi connectivity index (χ4v) is 3.39. The van der Waals surface area contributed by atoms with Gasteiger partial charge in [-0.25, -0.2) is 10.2 Å². The van der Waals surface area contributed by atoms with Gasteiger partial charge < -0.3 is 19.5 Å². The largest absolute Gasteiger partial charge is 0.490 e. The van der Waals surface area contributed by atoms with Crippen molar-refractivity contribution in [3.05, 3.63) is 51.0 Å².